The quantitative estimate of drug-likeness (QED) is 0.102. The highest BCUT2D eigenvalue weighted by atomic mass is 16.5. The molecule has 0 heterocycles. The van der Waals surface area contributed by atoms with Crippen LogP contribution in [-0.2, 0) is 0 Å². The molecule has 0 unspecified atom stereocenters. The zero-order valence-electron chi connectivity index (χ0n) is 25.2. The normalized spacial score (nSPS) is 3.00. The van der Waals surface area contributed by atoms with Crippen LogP contribution in [0, 0.1) is 0 Å². The van der Waals surface area contributed by atoms with Gasteiger partial charge in [0.05, 0.1) is 0 Å². The van der Waals surface area contributed by atoms with E-state index in [0.29, 0.717) is 0 Å². The molecule has 0 aliphatic carbocycles. The fraction of sp³-hybridized carbons (Fsp3) is 0. The van der Waals surface area contributed by atoms with Crippen molar-refractivity contribution in [1.29, 1.82) is 0 Å². The molecule has 40 nitrogen and oxygen atoms in total. The van der Waals surface area contributed by atoms with Crippen molar-refractivity contribution >= 4 is 36.6 Å². The van der Waals surface area contributed by atoms with Crippen LogP contribution in [0.4, 0.5) is 0 Å². The fourth-order valence-electron chi connectivity index (χ4n) is 0. The van der Waals surface area contributed by atoms with Crippen LogP contribution >= 0.6 is 0 Å². The lowest BCUT2D eigenvalue weighted by atomic mass is 10.3. The van der Waals surface area contributed by atoms with Crippen LogP contribution in [0.15, 0.2) is 0 Å². The van der Waals surface area contributed by atoms with Crippen LogP contribution in [-0.4, -0.2) is 167 Å². The lowest BCUT2D eigenvalue weighted by Gasteiger charge is -1.69. The predicted molar refractivity (Wildman–Crippen MR) is 174 cm³/mol. The van der Waals surface area contributed by atoms with Crippen LogP contribution in [0.3, 0.4) is 0 Å². The largest absolute Gasteiger partial charge is 0.631 e. The van der Waals surface area contributed by atoms with E-state index in [1.807, 2.05) is 0 Å². The topological polar surface area (TPSA) is 1140 Å². The first-order valence-electron chi connectivity index (χ1n) is 3.87. The van der Waals surface area contributed by atoms with Crippen LogP contribution in [0.5, 0.6) is 0 Å². The minimum Gasteiger partial charge on any atom is -0.412 e. The van der Waals surface area contributed by atoms with E-state index in [1.165, 1.54) is 0 Å². The molecule has 0 rings (SSSR count). The van der Waals surface area contributed by atoms with Crippen molar-refractivity contribution in [2.45, 2.75) is 0 Å². The molecule has 0 radical (unpaired) electrons. The fourth-order valence-corrected chi connectivity index (χ4v) is 0. The van der Waals surface area contributed by atoms with E-state index in [9.17, 15) is 0 Å². The van der Waals surface area contributed by atoms with Crippen molar-refractivity contribution in [2.75, 3.05) is 0 Å². The standard InChI is InChI=1S/5BH3O3.15H3N.10H2O/c5*2-1(3)4;;;;;;;;;;;;;;;;;;;;;;;;;/h5*2-4H;15*1H3;10*1H2. The molecule has 0 bridgehead atoms. The Morgan fingerprint density at radius 3 is 0.133 bits per heavy atom. The average Bonchev–Trinajstić information content (AvgIpc) is 1.94. The summed E-state index contributed by atoms with van der Waals surface area (Å²) < 4.78 is 0. The number of rotatable bonds is 0. The molecule has 0 aromatic rings. The van der Waals surface area contributed by atoms with Gasteiger partial charge in [-0.05, 0) is 0 Å². The Kier molecular flexibility index (Phi) is 3720. The first-order chi connectivity index (χ1) is 8.66. The molecule has 0 saturated heterocycles. The Bertz CT molecular complexity index is 119. The first kappa shape index (κ1) is 424. The minimum absolute atomic E-state index is 0. The van der Waals surface area contributed by atoms with E-state index < -0.39 is 36.6 Å². The van der Waals surface area contributed by atoms with Crippen molar-refractivity contribution in [1.82, 2.24) is 92.3 Å². The first-order valence-corrected chi connectivity index (χ1v) is 3.87. The molecular formula is H80B5N15O25. The minimum atomic E-state index is -2.17. The maximum atomic E-state index is 7.17. The van der Waals surface area contributed by atoms with Gasteiger partial charge >= 0.3 is 36.6 Å². The van der Waals surface area contributed by atoms with E-state index in [0.717, 1.165) is 0 Å². The van der Waals surface area contributed by atoms with E-state index in [-0.39, 0.29) is 147 Å². The van der Waals surface area contributed by atoms with Gasteiger partial charge in [0.2, 0.25) is 0 Å². The van der Waals surface area contributed by atoms with Gasteiger partial charge in [0.1, 0.15) is 0 Å². The second-order valence-electron chi connectivity index (χ2n) is 1.73. The summed E-state index contributed by atoms with van der Waals surface area (Å²) in [5, 5.41) is 108. The van der Waals surface area contributed by atoms with Gasteiger partial charge in [0.25, 0.3) is 0 Å². The Labute approximate surface area is 260 Å². The van der Waals surface area contributed by atoms with E-state index in [4.69, 9.17) is 75.4 Å². The van der Waals surface area contributed by atoms with Gasteiger partial charge in [0.15, 0.2) is 0 Å². The van der Waals surface area contributed by atoms with Crippen molar-refractivity contribution in [3.05, 3.63) is 0 Å². The second kappa shape index (κ2) is 395. The van der Waals surface area contributed by atoms with Gasteiger partial charge in [-0.2, -0.15) is 0 Å². The Morgan fingerprint density at radius 1 is 0.133 bits per heavy atom. The molecule has 0 aromatic heterocycles. The molecule has 0 fully saturated rings. The Hall–Kier alpha value is -1.28. The summed E-state index contributed by atoms with van der Waals surface area (Å²) in [6.45, 7) is 0. The van der Waals surface area contributed by atoms with Crippen LogP contribution in [0.25, 0.3) is 0 Å². The van der Waals surface area contributed by atoms with Crippen LogP contribution in [0.2, 0.25) is 0 Å². The zero-order valence-corrected chi connectivity index (χ0v) is 25.2. The summed E-state index contributed by atoms with van der Waals surface area (Å²) in [5.74, 6) is 0. The lowest BCUT2D eigenvalue weighted by molar-refractivity contribution is 0.276. The maximum absolute atomic E-state index is 7.17. The summed E-state index contributed by atoms with van der Waals surface area (Å²) in [6.07, 6.45) is 0. The van der Waals surface area contributed by atoms with Crippen molar-refractivity contribution in [2.24, 2.45) is 0 Å². The molecule has 0 aliphatic rings. The molecule has 80 N–H and O–H groups in total. The molecule has 0 amide bonds. The molecule has 0 saturated carbocycles. The zero-order chi connectivity index (χ0) is 17.9. The summed E-state index contributed by atoms with van der Waals surface area (Å²) >= 11 is 0. The third kappa shape index (κ3) is 43600. The van der Waals surface area contributed by atoms with Crippen molar-refractivity contribution in [3.8, 4) is 0 Å². The highest BCUT2D eigenvalue weighted by molar-refractivity contribution is 6.31. The summed E-state index contributed by atoms with van der Waals surface area (Å²) in [6, 6.07) is 0. The summed E-state index contributed by atoms with van der Waals surface area (Å²) in [4.78, 5) is 0. The van der Waals surface area contributed by atoms with Crippen molar-refractivity contribution in [3.63, 3.8) is 0 Å². The molecule has 0 atom stereocenters. The second-order valence-corrected chi connectivity index (χ2v) is 1.73. The smallest absolute Gasteiger partial charge is 0.412 e. The van der Waals surface area contributed by atoms with E-state index in [1.54, 1.807) is 0 Å². The van der Waals surface area contributed by atoms with Gasteiger partial charge in [0, 0.05) is 0 Å². The summed E-state index contributed by atoms with van der Waals surface area (Å²) in [7, 11) is -10.8. The van der Waals surface area contributed by atoms with Gasteiger partial charge in [-0.25, -0.2) is 0 Å². The molecule has 320 valence electrons. The van der Waals surface area contributed by atoms with E-state index in [2.05, 4.69) is 0 Å². The van der Waals surface area contributed by atoms with Crippen LogP contribution < -0.4 is 92.3 Å². The van der Waals surface area contributed by atoms with E-state index >= 15 is 0 Å². The third-order valence-corrected chi connectivity index (χ3v) is 0. The van der Waals surface area contributed by atoms with Gasteiger partial charge in [-0.15, -0.1) is 0 Å². The van der Waals surface area contributed by atoms with Gasteiger partial charge in [-0.1, -0.05) is 0 Å². The predicted octanol–water partition coefficient (Wildman–Crippen LogP) is -16.1. The van der Waals surface area contributed by atoms with Gasteiger partial charge < -0.3 is 222 Å². The average molecular weight is 745 g/mol. The highest BCUT2D eigenvalue weighted by Crippen LogP contribution is 1.41. The third-order valence-electron chi connectivity index (χ3n) is 0. The van der Waals surface area contributed by atoms with Gasteiger partial charge in [-0.3, -0.25) is 0 Å². The maximum Gasteiger partial charge on any atom is 0.631 e. The molecule has 45 heteroatoms. The lowest BCUT2D eigenvalue weighted by Crippen LogP contribution is -2.07. The number of hydrogen-bond acceptors (Lipinski definition) is 30. The molecule has 45 heavy (non-hydrogen) atoms. The molecular weight excluding hydrogens is 664 g/mol. The SMILES string of the molecule is N.N.N.N.N.N.N.N.N.N.N.N.N.N.N.O.O.O.O.O.O.O.O.O.O.OB(O)O.OB(O)O.OB(O)O.OB(O)O.OB(O)O. The van der Waals surface area contributed by atoms with Crippen LogP contribution in [0.1, 0.15) is 0 Å². The summed E-state index contributed by atoms with van der Waals surface area (Å²) in [5.41, 5.74) is 0. The molecule has 0 aliphatic heterocycles. The number of hydrogen-bond donors (Lipinski definition) is 30. The van der Waals surface area contributed by atoms with Crippen molar-refractivity contribution < 1.29 is 130 Å². The molecule has 0 spiro atoms. The highest BCUT2D eigenvalue weighted by Gasteiger charge is 1.94. The Balaban J connectivity index is -0.00000000196. The monoisotopic (exact) mass is 746 g/mol. The Morgan fingerprint density at radius 2 is 0.133 bits per heavy atom. The molecule has 0 aromatic carbocycles.